The lowest BCUT2D eigenvalue weighted by molar-refractivity contribution is -0.153. The molecule has 0 radical (unpaired) electrons. The Morgan fingerprint density at radius 2 is 1.68 bits per heavy atom. The number of hydrogen-bond donors (Lipinski definition) is 2. The molecule has 3 atom stereocenters. The molecule has 3 rings (SSSR count). The van der Waals surface area contributed by atoms with Gasteiger partial charge in [0.25, 0.3) is 0 Å². The van der Waals surface area contributed by atoms with E-state index in [0.29, 0.717) is 32.2 Å². The molecule has 7 heteroatoms. The van der Waals surface area contributed by atoms with Gasteiger partial charge in [0.15, 0.2) is 0 Å². The number of allylic oxidation sites excluding steroid dienone is 2. The van der Waals surface area contributed by atoms with Crippen LogP contribution in [0, 0.1) is 11.8 Å². The van der Waals surface area contributed by atoms with Gasteiger partial charge in [0, 0.05) is 19.5 Å². The van der Waals surface area contributed by atoms with Crippen LogP contribution in [-0.4, -0.2) is 53.6 Å². The van der Waals surface area contributed by atoms with Crippen LogP contribution < -0.4 is 5.32 Å². The lowest BCUT2D eigenvalue weighted by Crippen LogP contribution is -2.40. The number of esters is 1. The van der Waals surface area contributed by atoms with Crippen molar-refractivity contribution in [1.29, 1.82) is 0 Å². The molecule has 0 aromatic heterocycles. The zero-order valence-electron chi connectivity index (χ0n) is 21.6. The highest BCUT2D eigenvalue weighted by atomic mass is 16.5. The van der Waals surface area contributed by atoms with Gasteiger partial charge in [-0.2, -0.15) is 0 Å². The average molecular weight is 507 g/mol. The third-order valence-corrected chi connectivity index (χ3v) is 6.54. The maximum atomic E-state index is 13.1. The Bertz CT molecular complexity index is 1020. The van der Waals surface area contributed by atoms with E-state index in [2.05, 4.69) is 5.32 Å². The molecule has 2 aromatic carbocycles. The molecule has 0 saturated heterocycles. The van der Waals surface area contributed by atoms with Gasteiger partial charge in [0.1, 0.15) is 6.10 Å². The quantitative estimate of drug-likeness (QED) is 0.421. The second-order valence-electron chi connectivity index (χ2n) is 9.59. The van der Waals surface area contributed by atoms with Crippen molar-refractivity contribution >= 4 is 17.8 Å². The predicted molar refractivity (Wildman–Crippen MR) is 142 cm³/mol. The molecule has 1 aliphatic heterocycles. The molecule has 1 aliphatic rings. The van der Waals surface area contributed by atoms with Gasteiger partial charge in [-0.05, 0) is 43.7 Å². The second kappa shape index (κ2) is 15.0. The molecule has 1 heterocycles. The van der Waals surface area contributed by atoms with Gasteiger partial charge in [0.05, 0.1) is 25.0 Å². The van der Waals surface area contributed by atoms with Gasteiger partial charge in [0.2, 0.25) is 11.8 Å². The molecule has 2 N–H and O–H groups in total. The van der Waals surface area contributed by atoms with E-state index >= 15 is 0 Å². The Labute approximate surface area is 219 Å². The van der Waals surface area contributed by atoms with Crippen LogP contribution in [0.3, 0.4) is 0 Å². The van der Waals surface area contributed by atoms with Gasteiger partial charge in [-0.3, -0.25) is 14.4 Å². The van der Waals surface area contributed by atoms with E-state index in [9.17, 15) is 19.5 Å². The van der Waals surface area contributed by atoms with Crippen molar-refractivity contribution in [3.63, 3.8) is 0 Å². The first-order valence-corrected chi connectivity index (χ1v) is 13.1. The van der Waals surface area contributed by atoms with Crippen LogP contribution in [0.5, 0.6) is 0 Å². The number of benzene rings is 2. The Balaban J connectivity index is 1.66. The summed E-state index contributed by atoms with van der Waals surface area (Å²) in [5.41, 5.74) is 2.05. The maximum absolute atomic E-state index is 13.1. The molecule has 0 aliphatic carbocycles. The number of aliphatic hydroxyl groups excluding tert-OH is 1. The minimum Gasteiger partial charge on any atom is -0.461 e. The largest absolute Gasteiger partial charge is 0.461 e. The molecule has 7 nitrogen and oxygen atoms in total. The van der Waals surface area contributed by atoms with Crippen LogP contribution in [0.15, 0.2) is 72.8 Å². The number of rotatable bonds is 8. The number of carbonyl (C=O) groups excluding carboxylic acids is 3. The topological polar surface area (TPSA) is 95.9 Å². The number of ether oxygens (including phenoxy) is 1. The van der Waals surface area contributed by atoms with Gasteiger partial charge in [-0.1, -0.05) is 72.8 Å². The minimum atomic E-state index is -0.551. The average Bonchev–Trinajstić information content (AvgIpc) is 2.91. The van der Waals surface area contributed by atoms with Gasteiger partial charge in [-0.15, -0.1) is 0 Å². The first kappa shape index (κ1) is 28.1. The fourth-order valence-corrected chi connectivity index (χ4v) is 4.44. The molecule has 198 valence electrons. The van der Waals surface area contributed by atoms with Crippen LogP contribution in [0.1, 0.15) is 43.7 Å². The number of carbonyl (C=O) groups is 3. The van der Waals surface area contributed by atoms with Crippen LogP contribution >= 0.6 is 0 Å². The van der Waals surface area contributed by atoms with Crippen molar-refractivity contribution in [1.82, 2.24) is 10.2 Å². The monoisotopic (exact) mass is 506 g/mol. The molecular formula is C30H38N2O5. The molecule has 3 unspecified atom stereocenters. The van der Waals surface area contributed by atoms with Crippen molar-refractivity contribution in [2.75, 3.05) is 19.7 Å². The SMILES string of the molecule is CC1CNC(=O)C(CC(=O)N(CCO)Cc2ccccc2)CC=CCCC(Cc2ccccc2)C(=O)O1. The summed E-state index contributed by atoms with van der Waals surface area (Å²) >= 11 is 0. The highest BCUT2D eigenvalue weighted by Gasteiger charge is 2.26. The van der Waals surface area contributed by atoms with E-state index in [1.54, 1.807) is 11.8 Å². The van der Waals surface area contributed by atoms with E-state index < -0.39 is 12.0 Å². The van der Waals surface area contributed by atoms with Crippen molar-refractivity contribution in [2.24, 2.45) is 11.8 Å². The van der Waals surface area contributed by atoms with E-state index in [-0.39, 0.29) is 49.8 Å². The summed E-state index contributed by atoms with van der Waals surface area (Å²) in [5.74, 6) is -1.51. The molecular weight excluding hydrogens is 468 g/mol. The summed E-state index contributed by atoms with van der Waals surface area (Å²) in [6.07, 6.45) is 5.80. The van der Waals surface area contributed by atoms with E-state index in [1.165, 1.54) is 0 Å². The van der Waals surface area contributed by atoms with Crippen LogP contribution in [0.4, 0.5) is 0 Å². The Morgan fingerprint density at radius 3 is 2.35 bits per heavy atom. The standard InChI is InChI=1S/C30H38N2O5/c1-23-21-31-29(35)26(20-28(34)32(17-18-33)22-25-13-7-3-8-14-25)15-9-4-10-16-27(30(36)37-23)19-24-11-5-2-6-12-24/h2-9,11-14,23,26-27,33H,10,15-22H2,1H3,(H,31,35). The summed E-state index contributed by atoms with van der Waals surface area (Å²) in [7, 11) is 0. The fourth-order valence-electron chi connectivity index (χ4n) is 4.44. The molecule has 0 fully saturated rings. The summed E-state index contributed by atoms with van der Waals surface area (Å²) in [4.78, 5) is 40.6. The smallest absolute Gasteiger partial charge is 0.309 e. The first-order chi connectivity index (χ1) is 18.0. The van der Waals surface area contributed by atoms with Gasteiger partial charge in [-0.25, -0.2) is 0 Å². The normalized spacial score (nSPS) is 21.1. The second-order valence-corrected chi connectivity index (χ2v) is 9.59. The fraction of sp³-hybridized carbons (Fsp3) is 0.433. The molecule has 0 spiro atoms. The zero-order chi connectivity index (χ0) is 26.5. The zero-order valence-corrected chi connectivity index (χ0v) is 21.6. The predicted octanol–water partition coefficient (Wildman–Crippen LogP) is 3.66. The molecule has 2 amide bonds. The van der Waals surface area contributed by atoms with Crippen molar-refractivity contribution in [3.05, 3.63) is 83.9 Å². The number of amides is 2. The lowest BCUT2D eigenvalue weighted by atomic mass is 9.94. The third-order valence-electron chi connectivity index (χ3n) is 6.54. The van der Waals surface area contributed by atoms with Crippen LogP contribution in [0.25, 0.3) is 0 Å². The lowest BCUT2D eigenvalue weighted by Gasteiger charge is -2.25. The summed E-state index contributed by atoms with van der Waals surface area (Å²) in [5, 5.41) is 12.4. The minimum absolute atomic E-state index is 0.0355. The molecule has 2 aromatic rings. The van der Waals surface area contributed by atoms with E-state index in [0.717, 1.165) is 11.1 Å². The van der Waals surface area contributed by atoms with E-state index in [1.807, 2.05) is 72.8 Å². The number of nitrogens with one attached hydrogen (secondary N) is 1. The summed E-state index contributed by atoms with van der Waals surface area (Å²) in [6.45, 7) is 2.37. The van der Waals surface area contributed by atoms with Crippen molar-refractivity contribution < 1.29 is 24.2 Å². The number of cyclic esters (lactones) is 1. The summed E-state index contributed by atoms with van der Waals surface area (Å²) < 4.78 is 5.67. The number of hydrogen-bond acceptors (Lipinski definition) is 5. The number of nitrogens with zero attached hydrogens (tertiary/aromatic N) is 1. The molecule has 0 bridgehead atoms. The Hall–Kier alpha value is -3.45. The van der Waals surface area contributed by atoms with Crippen molar-refractivity contribution in [2.45, 2.75) is 51.7 Å². The van der Waals surface area contributed by atoms with Crippen LogP contribution in [0.2, 0.25) is 0 Å². The highest BCUT2D eigenvalue weighted by molar-refractivity contribution is 5.86. The molecule has 37 heavy (non-hydrogen) atoms. The Kier molecular flexibility index (Phi) is 11.4. The van der Waals surface area contributed by atoms with Gasteiger partial charge < -0.3 is 20.1 Å². The van der Waals surface area contributed by atoms with Gasteiger partial charge >= 0.3 is 5.97 Å². The Morgan fingerprint density at radius 1 is 1.00 bits per heavy atom. The maximum Gasteiger partial charge on any atom is 0.309 e. The molecule has 0 saturated carbocycles. The highest BCUT2D eigenvalue weighted by Crippen LogP contribution is 2.20. The number of aliphatic hydroxyl groups is 1. The summed E-state index contributed by atoms with van der Waals surface area (Å²) in [6, 6.07) is 19.5. The van der Waals surface area contributed by atoms with E-state index in [4.69, 9.17) is 4.74 Å². The van der Waals surface area contributed by atoms with Crippen molar-refractivity contribution in [3.8, 4) is 0 Å². The third kappa shape index (κ3) is 9.50. The first-order valence-electron chi connectivity index (χ1n) is 13.1. The van der Waals surface area contributed by atoms with Crippen LogP contribution in [-0.2, 0) is 32.1 Å².